The van der Waals surface area contributed by atoms with Crippen molar-refractivity contribution >= 4 is 12.0 Å². The van der Waals surface area contributed by atoms with E-state index in [2.05, 4.69) is 4.90 Å². The molecule has 0 spiro atoms. The third-order valence-corrected chi connectivity index (χ3v) is 4.51. The van der Waals surface area contributed by atoms with E-state index in [0.717, 1.165) is 5.56 Å². The van der Waals surface area contributed by atoms with Crippen LogP contribution in [0.4, 0.5) is 18.0 Å². The van der Waals surface area contributed by atoms with Gasteiger partial charge in [-0.05, 0) is 38.8 Å². The lowest BCUT2D eigenvalue weighted by atomic mass is 10.1. The van der Waals surface area contributed by atoms with Gasteiger partial charge in [0.25, 0.3) is 0 Å². The Balaban J connectivity index is 1.83. The van der Waals surface area contributed by atoms with Gasteiger partial charge >= 0.3 is 18.2 Å². The van der Waals surface area contributed by atoms with Crippen molar-refractivity contribution in [3.8, 4) is 0 Å². The Labute approximate surface area is 169 Å². The third-order valence-electron chi connectivity index (χ3n) is 4.51. The summed E-state index contributed by atoms with van der Waals surface area (Å²) in [7, 11) is 0. The number of benzene rings is 1. The molecule has 2 amide bonds. The van der Waals surface area contributed by atoms with Gasteiger partial charge in [-0.15, -0.1) is 0 Å². The van der Waals surface area contributed by atoms with Gasteiger partial charge in [-0.1, -0.05) is 24.3 Å². The molecule has 1 aliphatic rings. The van der Waals surface area contributed by atoms with Crippen LogP contribution in [0.3, 0.4) is 0 Å². The molecular formula is C20H28F3N3O3. The molecule has 9 heteroatoms. The number of rotatable bonds is 4. The van der Waals surface area contributed by atoms with Crippen LogP contribution in [-0.2, 0) is 16.1 Å². The number of alkyl halides is 3. The third kappa shape index (κ3) is 7.23. The molecule has 6 nitrogen and oxygen atoms in total. The fraction of sp³-hybridized carbons (Fsp3) is 0.600. The average Bonchev–Trinajstić information content (AvgIpc) is 2.60. The predicted octanol–water partition coefficient (Wildman–Crippen LogP) is 3.48. The molecule has 1 aromatic carbocycles. The van der Waals surface area contributed by atoms with Gasteiger partial charge in [0.15, 0.2) is 0 Å². The van der Waals surface area contributed by atoms with Crippen molar-refractivity contribution in [1.82, 2.24) is 15.1 Å². The molecule has 1 saturated heterocycles. The summed E-state index contributed by atoms with van der Waals surface area (Å²) in [5, 5.41) is 1.94. The predicted molar refractivity (Wildman–Crippen MR) is 102 cm³/mol. The largest absolute Gasteiger partial charge is 0.471 e. The van der Waals surface area contributed by atoms with Gasteiger partial charge in [0, 0.05) is 32.7 Å². The second-order valence-electron chi connectivity index (χ2n) is 8.18. The van der Waals surface area contributed by atoms with Gasteiger partial charge in [0.1, 0.15) is 5.60 Å². The average molecular weight is 415 g/mol. The highest BCUT2D eigenvalue weighted by Crippen LogP contribution is 2.20. The van der Waals surface area contributed by atoms with Crippen molar-refractivity contribution in [2.75, 3.05) is 26.2 Å². The number of hydrogen-bond donors (Lipinski definition) is 1. The smallest absolute Gasteiger partial charge is 0.444 e. The Morgan fingerprint density at radius 1 is 1.07 bits per heavy atom. The quantitative estimate of drug-likeness (QED) is 0.818. The number of piperazine rings is 1. The molecule has 1 heterocycles. The van der Waals surface area contributed by atoms with Crippen molar-refractivity contribution in [2.45, 2.75) is 52.1 Å². The molecule has 29 heavy (non-hydrogen) atoms. The summed E-state index contributed by atoms with van der Waals surface area (Å²) in [5.41, 5.74) is 1.09. The number of halogens is 3. The van der Waals surface area contributed by atoms with E-state index in [1.165, 1.54) is 6.92 Å². The number of ether oxygens (including phenoxy) is 1. The van der Waals surface area contributed by atoms with E-state index >= 15 is 0 Å². The van der Waals surface area contributed by atoms with Crippen LogP contribution in [0, 0.1) is 0 Å². The minimum atomic E-state index is -4.89. The van der Waals surface area contributed by atoms with Crippen molar-refractivity contribution in [3.05, 3.63) is 35.4 Å². The number of amides is 2. The summed E-state index contributed by atoms with van der Waals surface area (Å²) in [6.07, 6.45) is -5.20. The minimum absolute atomic E-state index is 0.309. The van der Waals surface area contributed by atoms with E-state index < -0.39 is 23.7 Å². The van der Waals surface area contributed by atoms with Crippen molar-refractivity contribution in [3.63, 3.8) is 0 Å². The van der Waals surface area contributed by atoms with E-state index in [0.29, 0.717) is 38.3 Å². The molecule has 0 bridgehead atoms. The Kier molecular flexibility index (Phi) is 7.15. The lowest BCUT2D eigenvalue weighted by Gasteiger charge is -2.35. The molecule has 162 valence electrons. The van der Waals surface area contributed by atoms with E-state index in [9.17, 15) is 22.8 Å². The van der Waals surface area contributed by atoms with E-state index in [1.807, 2.05) is 38.2 Å². The first-order valence-electron chi connectivity index (χ1n) is 9.52. The number of nitrogens with one attached hydrogen (secondary N) is 1. The summed E-state index contributed by atoms with van der Waals surface area (Å²) >= 11 is 0. The summed E-state index contributed by atoms with van der Waals surface area (Å²) in [6.45, 7) is 10.3. The lowest BCUT2D eigenvalue weighted by molar-refractivity contribution is -0.174. The lowest BCUT2D eigenvalue weighted by Crippen LogP contribution is -2.49. The normalized spacial score (nSPS) is 17.0. The Morgan fingerprint density at radius 3 is 2.10 bits per heavy atom. The van der Waals surface area contributed by atoms with Crippen molar-refractivity contribution < 1.29 is 27.5 Å². The van der Waals surface area contributed by atoms with Gasteiger partial charge < -0.3 is 15.0 Å². The molecule has 1 N–H and O–H groups in total. The van der Waals surface area contributed by atoms with Gasteiger partial charge in [0.05, 0.1) is 6.04 Å². The van der Waals surface area contributed by atoms with Crippen LogP contribution in [0.15, 0.2) is 24.3 Å². The number of hydrogen-bond acceptors (Lipinski definition) is 4. The number of nitrogens with zero attached hydrogens (tertiary/aromatic N) is 2. The van der Waals surface area contributed by atoms with Crippen LogP contribution >= 0.6 is 0 Å². The second kappa shape index (κ2) is 9.02. The standard InChI is InChI=1S/C20H28F3N3O3/c1-14(24-17(27)20(21,22)23)16-7-5-15(6-8-16)13-25-9-11-26(12-10-25)18(28)29-19(2,3)4/h5-8,14H,9-13H2,1-4H3,(H,24,27). The van der Waals surface area contributed by atoms with E-state index in [4.69, 9.17) is 4.74 Å². The monoisotopic (exact) mass is 415 g/mol. The molecular weight excluding hydrogens is 387 g/mol. The van der Waals surface area contributed by atoms with Crippen LogP contribution in [0.2, 0.25) is 0 Å². The SMILES string of the molecule is CC(NC(=O)C(F)(F)F)c1ccc(CN2CCN(C(=O)OC(C)(C)C)CC2)cc1. The molecule has 0 aliphatic carbocycles. The van der Waals surface area contributed by atoms with Gasteiger partial charge in [0.2, 0.25) is 0 Å². The van der Waals surface area contributed by atoms with Crippen LogP contribution in [0.25, 0.3) is 0 Å². The van der Waals surface area contributed by atoms with Gasteiger partial charge in [-0.25, -0.2) is 4.79 Å². The number of carbonyl (C=O) groups is 2. The van der Waals surface area contributed by atoms with E-state index in [1.54, 1.807) is 17.0 Å². The second-order valence-corrected chi connectivity index (χ2v) is 8.18. The Morgan fingerprint density at radius 2 is 1.62 bits per heavy atom. The van der Waals surface area contributed by atoms with Gasteiger partial charge in [-0.2, -0.15) is 13.2 Å². The molecule has 0 aromatic heterocycles. The van der Waals surface area contributed by atoms with Crippen LogP contribution in [0.5, 0.6) is 0 Å². The molecule has 1 fully saturated rings. The van der Waals surface area contributed by atoms with Crippen LogP contribution < -0.4 is 5.32 Å². The van der Waals surface area contributed by atoms with Crippen molar-refractivity contribution in [2.24, 2.45) is 0 Å². The summed E-state index contributed by atoms with van der Waals surface area (Å²) in [6, 6.07) is 6.37. The van der Waals surface area contributed by atoms with Crippen LogP contribution in [0.1, 0.15) is 44.9 Å². The highest BCUT2D eigenvalue weighted by molar-refractivity contribution is 5.82. The molecule has 1 aliphatic heterocycles. The fourth-order valence-electron chi connectivity index (χ4n) is 2.95. The highest BCUT2D eigenvalue weighted by atomic mass is 19.4. The first-order chi connectivity index (χ1) is 13.3. The summed E-state index contributed by atoms with van der Waals surface area (Å²) in [4.78, 5) is 27.0. The molecule has 2 rings (SSSR count). The topological polar surface area (TPSA) is 61.9 Å². The molecule has 1 unspecified atom stereocenters. The molecule has 0 saturated carbocycles. The molecule has 1 atom stereocenters. The zero-order chi connectivity index (χ0) is 21.8. The Bertz CT molecular complexity index is 706. The maximum atomic E-state index is 12.4. The first kappa shape index (κ1) is 23.0. The summed E-state index contributed by atoms with van der Waals surface area (Å²) < 4.78 is 42.5. The molecule has 1 aromatic rings. The zero-order valence-electron chi connectivity index (χ0n) is 17.2. The number of carbonyl (C=O) groups excluding carboxylic acids is 2. The maximum absolute atomic E-state index is 12.4. The van der Waals surface area contributed by atoms with Crippen LogP contribution in [-0.4, -0.2) is 59.8 Å². The fourth-order valence-corrected chi connectivity index (χ4v) is 2.95. The first-order valence-corrected chi connectivity index (χ1v) is 9.52. The summed E-state index contributed by atoms with van der Waals surface area (Å²) in [5.74, 6) is -1.95. The van der Waals surface area contributed by atoms with Crippen molar-refractivity contribution in [1.29, 1.82) is 0 Å². The molecule has 0 radical (unpaired) electrons. The Hall–Kier alpha value is -2.29. The zero-order valence-corrected chi connectivity index (χ0v) is 17.2. The highest BCUT2D eigenvalue weighted by Gasteiger charge is 2.39. The van der Waals surface area contributed by atoms with Gasteiger partial charge in [-0.3, -0.25) is 9.69 Å². The minimum Gasteiger partial charge on any atom is -0.444 e. The van der Waals surface area contributed by atoms with E-state index in [-0.39, 0.29) is 6.09 Å². The maximum Gasteiger partial charge on any atom is 0.471 e.